The summed E-state index contributed by atoms with van der Waals surface area (Å²) in [4.78, 5) is 13.1. The fourth-order valence-corrected chi connectivity index (χ4v) is 8.29. The summed E-state index contributed by atoms with van der Waals surface area (Å²) < 4.78 is 76.9. The number of rotatable bonds is 6. The Bertz CT molecular complexity index is 729. The molecule has 9 heteroatoms. The molecule has 9 unspecified atom stereocenters. The number of hydrogen-bond acceptors (Lipinski definition) is 4. The number of halogens is 5. The molecule has 0 aromatic rings. The molecule has 208 valence electrons. The van der Waals surface area contributed by atoms with E-state index in [1.165, 1.54) is 13.3 Å². The number of piperidine rings is 1. The average Bonchev–Trinajstić information content (AvgIpc) is 2.86. The van der Waals surface area contributed by atoms with Gasteiger partial charge in [0.05, 0.1) is 24.7 Å². The Labute approximate surface area is 211 Å². The molecule has 0 amide bonds. The Morgan fingerprint density at radius 2 is 1.56 bits per heavy atom. The summed E-state index contributed by atoms with van der Waals surface area (Å²) in [5, 5.41) is 13.9. The van der Waals surface area contributed by atoms with Crippen molar-refractivity contribution in [3.8, 4) is 0 Å². The maximum atomic E-state index is 14.5. The lowest BCUT2D eigenvalue weighted by atomic mass is 9.57. The van der Waals surface area contributed by atoms with E-state index in [1.54, 1.807) is 0 Å². The van der Waals surface area contributed by atoms with Crippen molar-refractivity contribution in [3.63, 3.8) is 0 Å². The van der Waals surface area contributed by atoms with Gasteiger partial charge >= 0.3 is 12.1 Å². The molecule has 36 heavy (non-hydrogen) atoms. The van der Waals surface area contributed by atoms with Gasteiger partial charge in [-0.3, -0.25) is 10.1 Å². The molecule has 1 saturated heterocycles. The first-order chi connectivity index (χ1) is 17.1. The van der Waals surface area contributed by atoms with E-state index in [2.05, 4.69) is 5.32 Å². The summed E-state index contributed by atoms with van der Waals surface area (Å²) in [7, 11) is 0. The van der Waals surface area contributed by atoms with Gasteiger partial charge in [0.25, 0.3) is 6.43 Å². The molecule has 4 aliphatic rings. The van der Waals surface area contributed by atoms with Gasteiger partial charge in [-0.2, -0.15) is 13.2 Å². The van der Waals surface area contributed by atoms with Crippen molar-refractivity contribution in [3.05, 3.63) is 0 Å². The van der Waals surface area contributed by atoms with Gasteiger partial charge in [0.2, 0.25) is 0 Å². The molecule has 9 atom stereocenters. The maximum Gasteiger partial charge on any atom is 0.404 e. The van der Waals surface area contributed by atoms with E-state index >= 15 is 0 Å². The molecule has 3 aliphatic carbocycles. The molecular weight excluding hydrogens is 481 g/mol. The molecule has 1 heterocycles. The molecule has 4 rings (SSSR count). The first-order valence-corrected chi connectivity index (χ1v) is 14.1. The van der Waals surface area contributed by atoms with Crippen molar-refractivity contribution in [2.24, 2.45) is 41.4 Å². The number of aliphatic hydroxyl groups excluding tert-OH is 1. The van der Waals surface area contributed by atoms with Gasteiger partial charge in [0.1, 0.15) is 6.04 Å². The summed E-state index contributed by atoms with van der Waals surface area (Å²) in [6.45, 7) is 1.44. The highest BCUT2D eigenvalue weighted by molar-refractivity contribution is 5.74. The molecule has 0 spiro atoms. The van der Waals surface area contributed by atoms with E-state index in [9.17, 15) is 31.9 Å². The molecule has 4 nitrogen and oxygen atoms in total. The fourth-order valence-electron chi connectivity index (χ4n) is 8.29. The number of fused-ring (bicyclic) bond motifs is 1. The fraction of sp³-hybridized carbons (Fsp3) is 0.963. The largest absolute Gasteiger partial charge is 0.466 e. The van der Waals surface area contributed by atoms with E-state index in [0.717, 1.165) is 51.4 Å². The Balaban J connectivity index is 1.71. The van der Waals surface area contributed by atoms with Gasteiger partial charge in [-0.15, -0.1) is 0 Å². The van der Waals surface area contributed by atoms with E-state index in [0.29, 0.717) is 31.1 Å². The van der Waals surface area contributed by atoms with Gasteiger partial charge in [0, 0.05) is 5.92 Å². The zero-order chi connectivity index (χ0) is 26.0. The summed E-state index contributed by atoms with van der Waals surface area (Å²) in [5.41, 5.74) is 0. The van der Waals surface area contributed by atoms with Gasteiger partial charge in [-0.05, 0) is 55.8 Å². The van der Waals surface area contributed by atoms with Crippen LogP contribution in [0, 0.1) is 41.4 Å². The maximum absolute atomic E-state index is 14.5. The third-order valence-electron chi connectivity index (χ3n) is 9.84. The van der Waals surface area contributed by atoms with Crippen molar-refractivity contribution in [1.29, 1.82) is 0 Å². The van der Waals surface area contributed by atoms with Crippen molar-refractivity contribution in [2.45, 2.75) is 115 Å². The standard InChI is InChI=1S/C27H42F5NO3/c1-2-36-26(35)21-19(16-9-4-3-5-10-16)20(22(25(28)29)33-24(21)27(30,31)32)23(34)18-13-12-15-8-6-7-11-17(15)14-18/h15-25,33-34H,2-14H2,1H3. The lowest BCUT2D eigenvalue weighted by Crippen LogP contribution is -2.69. The Hall–Kier alpha value is -0.960. The minimum absolute atomic E-state index is 0.0888. The molecule has 3 saturated carbocycles. The highest BCUT2D eigenvalue weighted by atomic mass is 19.4. The van der Waals surface area contributed by atoms with E-state index in [1.807, 2.05) is 0 Å². The quantitative estimate of drug-likeness (QED) is 0.326. The number of hydrogen-bond donors (Lipinski definition) is 2. The number of alkyl halides is 5. The van der Waals surface area contributed by atoms with Crippen LogP contribution in [-0.2, 0) is 9.53 Å². The summed E-state index contributed by atoms with van der Waals surface area (Å²) in [5.74, 6) is -4.32. The van der Waals surface area contributed by atoms with Crippen LogP contribution >= 0.6 is 0 Å². The third kappa shape index (κ3) is 5.87. The van der Waals surface area contributed by atoms with Crippen LogP contribution in [0.15, 0.2) is 0 Å². The molecule has 0 aromatic heterocycles. The topological polar surface area (TPSA) is 58.6 Å². The lowest BCUT2D eigenvalue weighted by molar-refractivity contribution is -0.216. The highest BCUT2D eigenvalue weighted by Crippen LogP contribution is 2.52. The highest BCUT2D eigenvalue weighted by Gasteiger charge is 2.62. The predicted molar refractivity (Wildman–Crippen MR) is 125 cm³/mol. The van der Waals surface area contributed by atoms with Crippen molar-refractivity contribution in [1.82, 2.24) is 5.32 Å². The molecule has 1 aliphatic heterocycles. The number of ether oxygens (including phenoxy) is 1. The van der Waals surface area contributed by atoms with Crippen LogP contribution in [0.2, 0.25) is 0 Å². The number of carbonyl (C=O) groups excluding carboxylic acids is 1. The average molecular weight is 524 g/mol. The van der Waals surface area contributed by atoms with Crippen LogP contribution in [0.1, 0.15) is 84.0 Å². The smallest absolute Gasteiger partial charge is 0.404 e. The van der Waals surface area contributed by atoms with E-state index in [4.69, 9.17) is 4.74 Å². The SMILES string of the molecule is CCOC(=O)C1C(C2CCCCC2)C(C(O)C2CCC3CCCCC3C2)C(C(F)F)NC1C(F)(F)F. The molecular formula is C27H42F5NO3. The van der Waals surface area contributed by atoms with Gasteiger partial charge in [-0.1, -0.05) is 57.8 Å². The Kier molecular flexibility index (Phi) is 9.22. The van der Waals surface area contributed by atoms with Crippen molar-refractivity contribution >= 4 is 5.97 Å². The first-order valence-electron chi connectivity index (χ1n) is 14.1. The number of aliphatic hydroxyl groups is 1. The monoisotopic (exact) mass is 523 g/mol. The lowest BCUT2D eigenvalue weighted by Gasteiger charge is -2.53. The van der Waals surface area contributed by atoms with Gasteiger partial charge < -0.3 is 9.84 Å². The van der Waals surface area contributed by atoms with Crippen LogP contribution < -0.4 is 5.32 Å². The van der Waals surface area contributed by atoms with Crippen LogP contribution in [0.5, 0.6) is 0 Å². The Morgan fingerprint density at radius 1 is 0.944 bits per heavy atom. The van der Waals surface area contributed by atoms with Gasteiger partial charge in [-0.25, -0.2) is 8.78 Å². The summed E-state index contributed by atoms with van der Waals surface area (Å²) in [6, 6.07) is -4.24. The second kappa shape index (κ2) is 11.8. The number of carbonyl (C=O) groups is 1. The van der Waals surface area contributed by atoms with Crippen molar-refractivity contribution < 1.29 is 36.6 Å². The molecule has 2 N–H and O–H groups in total. The minimum atomic E-state index is -4.90. The van der Waals surface area contributed by atoms with Crippen LogP contribution in [0.25, 0.3) is 0 Å². The van der Waals surface area contributed by atoms with Crippen molar-refractivity contribution in [2.75, 3.05) is 6.61 Å². The summed E-state index contributed by atoms with van der Waals surface area (Å²) >= 11 is 0. The van der Waals surface area contributed by atoms with Crippen LogP contribution in [0.3, 0.4) is 0 Å². The summed E-state index contributed by atoms with van der Waals surface area (Å²) in [6.07, 6.45) is 1.38. The zero-order valence-electron chi connectivity index (χ0n) is 21.2. The van der Waals surface area contributed by atoms with Gasteiger partial charge in [0.15, 0.2) is 0 Å². The zero-order valence-corrected chi connectivity index (χ0v) is 21.2. The molecule has 0 bridgehead atoms. The molecule has 0 radical (unpaired) electrons. The normalized spacial score (nSPS) is 39.4. The Morgan fingerprint density at radius 3 is 2.17 bits per heavy atom. The predicted octanol–water partition coefficient (Wildman–Crippen LogP) is 6.11. The van der Waals surface area contributed by atoms with Crippen LogP contribution in [-0.4, -0.2) is 48.5 Å². The minimum Gasteiger partial charge on any atom is -0.466 e. The van der Waals surface area contributed by atoms with E-state index < -0.39 is 54.5 Å². The molecule has 0 aromatic carbocycles. The first kappa shape index (κ1) is 28.1. The second-order valence-corrected chi connectivity index (χ2v) is 11.7. The number of esters is 1. The third-order valence-corrected chi connectivity index (χ3v) is 9.84. The second-order valence-electron chi connectivity index (χ2n) is 11.7. The van der Waals surface area contributed by atoms with Crippen LogP contribution in [0.4, 0.5) is 22.0 Å². The van der Waals surface area contributed by atoms with E-state index in [-0.39, 0.29) is 18.4 Å². The number of nitrogens with one attached hydrogen (secondary N) is 1. The molecule has 4 fully saturated rings.